The number of rotatable bonds is 4. The minimum Gasteiger partial charge on any atom is -0.381 e. The predicted octanol–water partition coefficient (Wildman–Crippen LogP) is 0.764. The molecular formula is C12H24N4O. The highest BCUT2D eigenvalue weighted by Crippen LogP contribution is 2.18. The van der Waals surface area contributed by atoms with Crippen LogP contribution in [0.5, 0.6) is 0 Å². The fraction of sp³-hybridized carbons (Fsp3) is 0.917. The maximum atomic E-state index is 5.48. The second-order valence-corrected chi connectivity index (χ2v) is 5.02. The number of hydrazine groups is 1. The summed E-state index contributed by atoms with van der Waals surface area (Å²) in [5.74, 6) is 6.91. The van der Waals surface area contributed by atoms with Gasteiger partial charge in [0.2, 0.25) is 5.96 Å². The van der Waals surface area contributed by atoms with Crippen LogP contribution in [0.25, 0.3) is 0 Å². The molecular weight excluding hydrogens is 216 g/mol. The molecule has 0 aromatic heterocycles. The van der Waals surface area contributed by atoms with Crippen molar-refractivity contribution >= 4 is 5.96 Å². The van der Waals surface area contributed by atoms with Crippen LogP contribution in [0.4, 0.5) is 0 Å². The fourth-order valence-corrected chi connectivity index (χ4v) is 2.57. The smallest absolute Gasteiger partial charge is 0.205 e. The van der Waals surface area contributed by atoms with Gasteiger partial charge in [-0.1, -0.05) is 12.8 Å². The van der Waals surface area contributed by atoms with E-state index in [1.807, 2.05) is 0 Å². The van der Waals surface area contributed by atoms with E-state index in [0.717, 1.165) is 32.1 Å². The molecule has 0 radical (unpaired) electrons. The number of nitrogens with two attached hydrogens (primary N) is 1. The first-order chi connectivity index (χ1) is 8.38. The average molecular weight is 240 g/mol. The van der Waals surface area contributed by atoms with Crippen molar-refractivity contribution in [2.75, 3.05) is 19.8 Å². The summed E-state index contributed by atoms with van der Waals surface area (Å²) >= 11 is 0. The molecule has 2 aliphatic rings. The van der Waals surface area contributed by atoms with Crippen molar-refractivity contribution in [2.24, 2.45) is 16.8 Å². The molecule has 2 fully saturated rings. The zero-order valence-corrected chi connectivity index (χ0v) is 10.5. The SMILES string of the molecule is NNC(=NCCC1CCOC1)NC1CCCC1. The van der Waals surface area contributed by atoms with Gasteiger partial charge in [-0.05, 0) is 31.6 Å². The standard InChI is InChI=1S/C12H24N4O/c13-16-12(15-11-3-1-2-4-11)14-7-5-10-6-8-17-9-10/h10-11H,1-9,13H2,(H2,14,15,16). The summed E-state index contributed by atoms with van der Waals surface area (Å²) in [7, 11) is 0. The molecule has 1 aliphatic heterocycles. The molecule has 0 aromatic carbocycles. The van der Waals surface area contributed by atoms with Gasteiger partial charge in [0.1, 0.15) is 0 Å². The van der Waals surface area contributed by atoms with Crippen LogP contribution in [0.1, 0.15) is 38.5 Å². The highest BCUT2D eigenvalue weighted by molar-refractivity contribution is 5.79. The molecule has 5 heteroatoms. The third-order valence-electron chi connectivity index (χ3n) is 3.66. The monoisotopic (exact) mass is 240 g/mol. The van der Waals surface area contributed by atoms with Gasteiger partial charge in [0.05, 0.1) is 0 Å². The lowest BCUT2D eigenvalue weighted by Crippen LogP contribution is -2.45. The van der Waals surface area contributed by atoms with Crippen molar-refractivity contribution in [3.8, 4) is 0 Å². The molecule has 0 bridgehead atoms. The number of aliphatic imine (C=N–C) groups is 1. The van der Waals surface area contributed by atoms with Crippen LogP contribution in [0.15, 0.2) is 4.99 Å². The normalized spacial score (nSPS) is 26.4. The van der Waals surface area contributed by atoms with Gasteiger partial charge in [-0.15, -0.1) is 0 Å². The van der Waals surface area contributed by atoms with Crippen LogP contribution < -0.4 is 16.6 Å². The molecule has 0 amide bonds. The Hall–Kier alpha value is -0.810. The second-order valence-electron chi connectivity index (χ2n) is 5.02. The van der Waals surface area contributed by atoms with Crippen molar-refractivity contribution in [1.29, 1.82) is 0 Å². The van der Waals surface area contributed by atoms with Crippen molar-refractivity contribution in [2.45, 2.75) is 44.6 Å². The Morgan fingerprint density at radius 1 is 1.29 bits per heavy atom. The summed E-state index contributed by atoms with van der Waals surface area (Å²) < 4.78 is 5.34. The molecule has 5 nitrogen and oxygen atoms in total. The Kier molecular flexibility index (Phi) is 5.07. The van der Waals surface area contributed by atoms with Crippen LogP contribution in [0.3, 0.4) is 0 Å². The summed E-state index contributed by atoms with van der Waals surface area (Å²) in [5, 5.41) is 3.37. The van der Waals surface area contributed by atoms with E-state index in [9.17, 15) is 0 Å². The third-order valence-corrected chi connectivity index (χ3v) is 3.66. The molecule has 0 spiro atoms. The zero-order valence-electron chi connectivity index (χ0n) is 10.5. The molecule has 4 N–H and O–H groups in total. The molecule has 98 valence electrons. The van der Waals surface area contributed by atoms with Gasteiger partial charge in [-0.3, -0.25) is 10.4 Å². The molecule has 1 saturated heterocycles. The molecule has 1 unspecified atom stereocenters. The molecule has 17 heavy (non-hydrogen) atoms. The van der Waals surface area contributed by atoms with Crippen LogP contribution in [0, 0.1) is 5.92 Å². The van der Waals surface area contributed by atoms with Crippen molar-refractivity contribution in [3.05, 3.63) is 0 Å². The van der Waals surface area contributed by atoms with E-state index >= 15 is 0 Å². The lowest BCUT2D eigenvalue weighted by atomic mass is 10.1. The van der Waals surface area contributed by atoms with Crippen molar-refractivity contribution in [3.63, 3.8) is 0 Å². The summed E-state index contributed by atoms with van der Waals surface area (Å²) in [4.78, 5) is 4.48. The number of ether oxygens (including phenoxy) is 1. The first-order valence-electron chi connectivity index (χ1n) is 6.74. The molecule has 1 heterocycles. The number of hydrogen-bond donors (Lipinski definition) is 3. The van der Waals surface area contributed by atoms with E-state index in [0.29, 0.717) is 12.0 Å². The minimum absolute atomic E-state index is 0.555. The highest BCUT2D eigenvalue weighted by atomic mass is 16.5. The average Bonchev–Trinajstić information content (AvgIpc) is 3.00. The van der Waals surface area contributed by atoms with Gasteiger partial charge in [0.25, 0.3) is 0 Å². The topological polar surface area (TPSA) is 71.7 Å². The van der Waals surface area contributed by atoms with Crippen LogP contribution >= 0.6 is 0 Å². The summed E-state index contributed by atoms with van der Waals surface area (Å²) in [6.07, 6.45) is 7.37. The Morgan fingerprint density at radius 3 is 2.76 bits per heavy atom. The predicted molar refractivity (Wildman–Crippen MR) is 68.6 cm³/mol. The van der Waals surface area contributed by atoms with E-state index in [1.54, 1.807) is 0 Å². The highest BCUT2D eigenvalue weighted by Gasteiger charge is 2.17. The Bertz CT molecular complexity index is 245. The Labute approximate surface area is 103 Å². The Morgan fingerprint density at radius 2 is 2.12 bits per heavy atom. The van der Waals surface area contributed by atoms with Gasteiger partial charge < -0.3 is 10.1 Å². The maximum Gasteiger partial charge on any atom is 0.205 e. The summed E-state index contributed by atoms with van der Waals surface area (Å²) in [6, 6.07) is 0.555. The first-order valence-corrected chi connectivity index (χ1v) is 6.74. The first kappa shape index (κ1) is 12.6. The van der Waals surface area contributed by atoms with Gasteiger partial charge >= 0.3 is 0 Å². The zero-order chi connectivity index (χ0) is 11.9. The van der Waals surface area contributed by atoms with Gasteiger partial charge in [-0.2, -0.15) is 0 Å². The molecule has 2 rings (SSSR count). The second kappa shape index (κ2) is 6.81. The van der Waals surface area contributed by atoms with Crippen LogP contribution in [0.2, 0.25) is 0 Å². The van der Waals surface area contributed by atoms with E-state index in [4.69, 9.17) is 10.6 Å². The van der Waals surface area contributed by atoms with E-state index in [1.165, 1.54) is 32.1 Å². The summed E-state index contributed by atoms with van der Waals surface area (Å²) in [6.45, 7) is 2.64. The Balaban J connectivity index is 1.68. The maximum absolute atomic E-state index is 5.48. The van der Waals surface area contributed by atoms with E-state index in [-0.39, 0.29) is 0 Å². The minimum atomic E-state index is 0.555. The van der Waals surface area contributed by atoms with E-state index in [2.05, 4.69) is 15.7 Å². The summed E-state index contributed by atoms with van der Waals surface area (Å²) in [5.41, 5.74) is 2.66. The fourth-order valence-electron chi connectivity index (χ4n) is 2.57. The number of guanidine groups is 1. The van der Waals surface area contributed by atoms with Crippen LogP contribution in [-0.2, 0) is 4.74 Å². The molecule has 0 aromatic rings. The van der Waals surface area contributed by atoms with Gasteiger partial charge in [0, 0.05) is 25.8 Å². The van der Waals surface area contributed by atoms with Gasteiger partial charge in [-0.25, -0.2) is 5.84 Å². The quantitative estimate of drug-likeness (QED) is 0.294. The van der Waals surface area contributed by atoms with Crippen LogP contribution in [-0.4, -0.2) is 31.8 Å². The largest absolute Gasteiger partial charge is 0.381 e. The lowest BCUT2D eigenvalue weighted by molar-refractivity contribution is 0.184. The molecule has 1 saturated carbocycles. The molecule has 1 aliphatic carbocycles. The third kappa shape index (κ3) is 4.16. The van der Waals surface area contributed by atoms with Gasteiger partial charge in [0.15, 0.2) is 0 Å². The lowest BCUT2D eigenvalue weighted by Gasteiger charge is -2.15. The molecule has 1 atom stereocenters. The van der Waals surface area contributed by atoms with E-state index < -0.39 is 0 Å². The number of nitrogens with one attached hydrogen (secondary N) is 2. The number of hydrogen-bond acceptors (Lipinski definition) is 3. The van der Waals surface area contributed by atoms with Crippen molar-refractivity contribution < 1.29 is 4.74 Å². The number of nitrogens with zero attached hydrogens (tertiary/aromatic N) is 1. The van der Waals surface area contributed by atoms with Crippen molar-refractivity contribution in [1.82, 2.24) is 10.7 Å².